The van der Waals surface area contributed by atoms with Gasteiger partial charge in [-0.15, -0.1) is 0 Å². The van der Waals surface area contributed by atoms with Crippen molar-refractivity contribution in [1.29, 1.82) is 0 Å². The van der Waals surface area contributed by atoms with Crippen LogP contribution in [0.3, 0.4) is 0 Å². The van der Waals surface area contributed by atoms with E-state index in [2.05, 4.69) is 10.1 Å². The minimum Gasteiger partial charge on any atom is -0.465 e. The van der Waals surface area contributed by atoms with Crippen molar-refractivity contribution in [3.05, 3.63) is 34.9 Å². The summed E-state index contributed by atoms with van der Waals surface area (Å²) in [6, 6.07) is 5.69. The maximum atomic E-state index is 11.2. The summed E-state index contributed by atoms with van der Waals surface area (Å²) in [7, 11) is 1.39. The number of ether oxygens (including phenoxy) is 1. The second-order valence-corrected chi connectivity index (χ2v) is 3.33. The highest BCUT2D eigenvalue weighted by molar-refractivity contribution is 5.89. The van der Waals surface area contributed by atoms with Gasteiger partial charge in [0.25, 0.3) is 0 Å². The smallest absolute Gasteiger partial charge is 0.337 e. The number of esters is 1. The molecule has 0 amide bonds. The van der Waals surface area contributed by atoms with E-state index in [1.807, 2.05) is 18.2 Å². The molecule has 0 aliphatic carbocycles. The summed E-state index contributed by atoms with van der Waals surface area (Å²) in [6.07, 6.45) is 0.983. The molecule has 1 heterocycles. The molecule has 0 aromatic heterocycles. The molecular weight excluding hydrogens is 178 g/mol. The van der Waals surface area contributed by atoms with Crippen molar-refractivity contribution in [2.45, 2.75) is 13.0 Å². The summed E-state index contributed by atoms with van der Waals surface area (Å²) >= 11 is 0. The zero-order chi connectivity index (χ0) is 9.97. The molecule has 1 radical (unpaired) electrons. The van der Waals surface area contributed by atoms with Gasteiger partial charge in [-0.25, -0.2) is 10.1 Å². The van der Waals surface area contributed by atoms with Crippen molar-refractivity contribution in [3.63, 3.8) is 0 Å². The molecule has 1 aromatic rings. The Kier molecular flexibility index (Phi) is 2.50. The van der Waals surface area contributed by atoms with Gasteiger partial charge in [0.1, 0.15) is 0 Å². The van der Waals surface area contributed by atoms with E-state index in [0.717, 1.165) is 25.1 Å². The van der Waals surface area contributed by atoms with E-state index in [4.69, 9.17) is 0 Å². The van der Waals surface area contributed by atoms with E-state index in [9.17, 15) is 4.79 Å². The third-order valence-corrected chi connectivity index (χ3v) is 2.45. The molecule has 0 saturated heterocycles. The number of hydrogen-bond acceptors (Lipinski definition) is 2. The fourth-order valence-corrected chi connectivity index (χ4v) is 1.66. The van der Waals surface area contributed by atoms with Crippen LogP contribution in [0.5, 0.6) is 0 Å². The SMILES string of the molecule is COC(=O)c1ccc2c(c1)C[N]CC2. The zero-order valence-electron chi connectivity index (χ0n) is 8.12. The molecule has 1 aliphatic heterocycles. The average Bonchev–Trinajstić information content (AvgIpc) is 2.27. The predicted octanol–water partition coefficient (Wildman–Crippen LogP) is 1.13. The molecule has 0 atom stereocenters. The van der Waals surface area contributed by atoms with Crippen LogP contribution < -0.4 is 5.32 Å². The second kappa shape index (κ2) is 3.80. The number of fused-ring (bicyclic) bond motifs is 1. The molecule has 0 fully saturated rings. The van der Waals surface area contributed by atoms with Gasteiger partial charge in [-0.2, -0.15) is 0 Å². The van der Waals surface area contributed by atoms with Gasteiger partial charge in [-0.1, -0.05) is 6.07 Å². The molecule has 2 rings (SSSR count). The van der Waals surface area contributed by atoms with Crippen molar-refractivity contribution >= 4 is 5.97 Å². The minimum absolute atomic E-state index is 0.279. The van der Waals surface area contributed by atoms with Gasteiger partial charge >= 0.3 is 5.97 Å². The lowest BCUT2D eigenvalue weighted by Gasteiger charge is -2.15. The lowest BCUT2D eigenvalue weighted by Crippen LogP contribution is -2.18. The molecule has 0 spiro atoms. The van der Waals surface area contributed by atoms with Gasteiger partial charge in [0.2, 0.25) is 0 Å². The summed E-state index contributed by atoms with van der Waals surface area (Å²) in [5.41, 5.74) is 3.06. The molecular formula is C11H12NO2. The summed E-state index contributed by atoms with van der Waals surface area (Å²) in [5, 5.41) is 4.29. The van der Waals surface area contributed by atoms with Crippen LogP contribution in [-0.2, 0) is 17.7 Å². The maximum Gasteiger partial charge on any atom is 0.337 e. The molecule has 73 valence electrons. The van der Waals surface area contributed by atoms with Crippen molar-refractivity contribution in [3.8, 4) is 0 Å². The largest absolute Gasteiger partial charge is 0.465 e. The Morgan fingerprint density at radius 2 is 2.29 bits per heavy atom. The van der Waals surface area contributed by atoms with E-state index in [1.165, 1.54) is 12.7 Å². The number of hydrogen-bond donors (Lipinski definition) is 0. The highest BCUT2D eigenvalue weighted by Crippen LogP contribution is 2.16. The number of carbonyl (C=O) groups excluding carboxylic acids is 1. The number of benzene rings is 1. The van der Waals surface area contributed by atoms with Crippen molar-refractivity contribution in [2.75, 3.05) is 13.7 Å². The van der Waals surface area contributed by atoms with E-state index in [-0.39, 0.29) is 5.97 Å². The van der Waals surface area contributed by atoms with Gasteiger partial charge in [-0.05, 0) is 29.7 Å². The summed E-state index contributed by atoms with van der Waals surface area (Å²) in [5.74, 6) is -0.279. The minimum atomic E-state index is -0.279. The summed E-state index contributed by atoms with van der Waals surface area (Å²) < 4.78 is 4.66. The lowest BCUT2D eigenvalue weighted by atomic mass is 9.99. The van der Waals surface area contributed by atoms with Crippen LogP contribution in [0.25, 0.3) is 0 Å². The van der Waals surface area contributed by atoms with E-state index < -0.39 is 0 Å². The molecule has 0 unspecified atom stereocenters. The average molecular weight is 190 g/mol. The summed E-state index contributed by atoms with van der Waals surface area (Å²) in [6.45, 7) is 1.62. The Balaban J connectivity index is 2.33. The Bertz CT molecular complexity index is 360. The predicted molar refractivity (Wildman–Crippen MR) is 52.2 cm³/mol. The molecule has 1 aliphatic rings. The van der Waals surface area contributed by atoms with Gasteiger partial charge in [-0.3, -0.25) is 0 Å². The zero-order valence-corrected chi connectivity index (χ0v) is 8.12. The second-order valence-electron chi connectivity index (χ2n) is 3.33. The first-order valence-electron chi connectivity index (χ1n) is 4.64. The highest BCUT2D eigenvalue weighted by Gasteiger charge is 2.12. The third-order valence-electron chi connectivity index (χ3n) is 2.45. The van der Waals surface area contributed by atoms with Crippen LogP contribution in [0.2, 0.25) is 0 Å². The van der Waals surface area contributed by atoms with Crippen LogP contribution in [0, 0.1) is 0 Å². The van der Waals surface area contributed by atoms with Crippen LogP contribution in [-0.4, -0.2) is 19.6 Å². The van der Waals surface area contributed by atoms with E-state index in [1.54, 1.807) is 0 Å². The number of carbonyl (C=O) groups is 1. The fraction of sp³-hybridized carbons (Fsp3) is 0.364. The fourth-order valence-electron chi connectivity index (χ4n) is 1.66. The Labute approximate surface area is 83.1 Å². The Hall–Kier alpha value is -1.35. The molecule has 14 heavy (non-hydrogen) atoms. The Morgan fingerprint density at radius 1 is 1.43 bits per heavy atom. The number of rotatable bonds is 1. The molecule has 0 bridgehead atoms. The normalized spacial score (nSPS) is 14.6. The van der Waals surface area contributed by atoms with E-state index in [0.29, 0.717) is 5.56 Å². The number of nitrogens with zero attached hydrogens (tertiary/aromatic N) is 1. The third kappa shape index (κ3) is 1.63. The standard InChI is InChI=1S/C11H12NO2/c1-14-11(13)9-3-2-8-4-5-12-7-10(8)6-9/h2-3,6H,4-5,7H2,1H3. The maximum absolute atomic E-state index is 11.2. The van der Waals surface area contributed by atoms with Gasteiger partial charge < -0.3 is 4.74 Å². The van der Waals surface area contributed by atoms with Crippen LogP contribution >= 0.6 is 0 Å². The summed E-state index contributed by atoms with van der Waals surface area (Å²) in [4.78, 5) is 11.2. The molecule has 3 heteroatoms. The molecule has 0 N–H and O–H groups in total. The number of methoxy groups -OCH3 is 1. The van der Waals surface area contributed by atoms with Crippen LogP contribution in [0.15, 0.2) is 18.2 Å². The first kappa shape index (κ1) is 9.21. The quantitative estimate of drug-likeness (QED) is 0.623. The van der Waals surface area contributed by atoms with Crippen molar-refractivity contribution < 1.29 is 9.53 Å². The first-order valence-corrected chi connectivity index (χ1v) is 4.64. The van der Waals surface area contributed by atoms with Gasteiger partial charge in [0.05, 0.1) is 12.7 Å². The Morgan fingerprint density at radius 3 is 3.07 bits per heavy atom. The first-order chi connectivity index (χ1) is 6.81. The molecule has 0 saturated carbocycles. The van der Waals surface area contributed by atoms with Crippen molar-refractivity contribution in [1.82, 2.24) is 5.32 Å². The van der Waals surface area contributed by atoms with E-state index >= 15 is 0 Å². The van der Waals surface area contributed by atoms with Crippen LogP contribution in [0.4, 0.5) is 0 Å². The van der Waals surface area contributed by atoms with Gasteiger partial charge in [0, 0.05) is 13.1 Å². The monoisotopic (exact) mass is 190 g/mol. The topological polar surface area (TPSA) is 40.4 Å². The molecule has 3 nitrogen and oxygen atoms in total. The lowest BCUT2D eigenvalue weighted by molar-refractivity contribution is 0.0600. The van der Waals surface area contributed by atoms with Crippen LogP contribution in [0.1, 0.15) is 21.5 Å². The highest BCUT2D eigenvalue weighted by atomic mass is 16.5. The molecule has 1 aromatic carbocycles. The van der Waals surface area contributed by atoms with Crippen molar-refractivity contribution in [2.24, 2.45) is 0 Å². The van der Waals surface area contributed by atoms with Gasteiger partial charge in [0.15, 0.2) is 0 Å².